The molecule has 2 rings (SSSR count). The minimum atomic E-state index is 0.523. The maximum atomic E-state index is 5.63. The van der Waals surface area contributed by atoms with E-state index in [1.165, 1.54) is 19.3 Å². The van der Waals surface area contributed by atoms with Gasteiger partial charge in [0.25, 0.3) is 0 Å². The van der Waals surface area contributed by atoms with E-state index in [0.29, 0.717) is 6.61 Å². The first-order chi connectivity index (χ1) is 8.78. The summed E-state index contributed by atoms with van der Waals surface area (Å²) in [6.07, 6.45) is 5.05. The molecule has 4 nitrogen and oxygen atoms in total. The van der Waals surface area contributed by atoms with Gasteiger partial charge < -0.3 is 10.1 Å². The molecule has 1 N–H and O–H groups in total. The molecular formula is C14H23N3O. The van der Waals surface area contributed by atoms with E-state index in [-0.39, 0.29) is 0 Å². The second-order valence-electron chi connectivity index (χ2n) is 5.02. The molecule has 0 unspecified atom stereocenters. The monoisotopic (exact) mass is 249 g/mol. The lowest BCUT2D eigenvalue weighted by atomic mass is 10.3. The molecule has 1 aromatic heterocycles. The summed E-state index contributed by atoms with van der Waals surface area (Å²) in [5, 5.41) is 3.29. The number of hydrogen-bond acceptors (Lipinski definition) is 4. The van der Waals surface area contributed by atoms with Gasteiger partial charge >= 0.3 is 0 Å². The Balaban J connectivity index is 1.79. The quantitative estimate of drug-likeness (QED) is 0.720. The summed E-state index contributed by atoms with van der Waals surface area (Å²) in [4.78, 5) is 8.85. The van der Waals surface area contributed by atoms with Crippen molar-refractivity contribution in [2.45, 2.75) is 46.1 Å². The van der Waals surface area contributed by atoms with E-state index in [1.54, 1.807) is 0 Å². The molecule has 1 aliphatic carbocycles. The molecule has 0 radical (unpaired) electrons. The van der Waals surface area contributed by atoms with Gasteiger partial charge in [0.05, 0.1) is 0 Å². The van der Waals surface area contributed by atoms with Gasteiger partial charge in [0.2, 0.25) is 0 Å². The third-order valence-corrected chi connectivity index (χ3v) is 3.06. The summed E-state index contributed by atoms with van der Waals surface area (Å²) < 4.78 is 5.63. The average molecular weight is 249 g/mol. The van der Waals surface area contributed by atoms with Crippen molar-refractivity contribution in [3.8, 4) is 0 Å². The molecule has 1 aromatic rings. The smallest absolute Gasteiger partial charge is 0.156 e. The van der Waals surface area contributed by atoms with Gasteiger partial charge in [0.15, 0.2) is 5.82 Å². The van der Waals surface area contributed by atoms with Gasteiger partial charge in [0.1, 0.15) is 12.4 Å². The van der Waals surface area contributed by atoms with Crippen molar-refractivity contribution in [1.29, 1.82) is 0 Å². The van der Waals surface area contributed by atoms with E-state index in [4.69, 9.17) is 4.74 Å². The zero-order valence-electron chi connectivity index (χ0n) is 11.4. The highest BCUT2D eigenvalue weighted by Crippen LogP contribution is 2.32. The van der Waals surface area contributed by atoms with Gasteiger partial charge in [-0.25, -0.2) is 9.97 Å². The summed E-state index contributed by atoms with van der Waals surface area (Å²) >= 11 is 0. The van der Waals surface area contributed by atoms with Gasteiger partial charge in [-0.1, -0.05) is 19.8 Å². The number of anilines is 1. The normalized spacial score (nSPS) is 14.8. The van der Waals surface area contributed by atoms with Crippen LogP contribution in [0.5, 0.6) is 0 Å². The predicted molar refractivity (Wildman–Crippen MR) is 72.5 cm³/mol. The van der Waals surface area contributed by atoms with Gasteiger partial charge in [-0.05, 0) is 25.7 Å². The topological polar surface area (TPSA) is 47.0 Å². The molecule has 0 spiro atoms. The minimum absolute atomic E-state index is 0.523. The number of nitrogens with one attached hydrogen (secondary N) is 1. The largest absolute Gasteiger partial charge is 0.373 e. The molecule has 0 saturated heterocycles. The summed E-state index contributed by atoms with van der Waals surface area (Å²) in [6.45, 7) is 6.43. The number of hydrogen-bond donors (Lipinski definition) is 1. The summed E-state index contributed by atoms with van der Waals surface area (Å²) in [6, 6.07) is 1.98. The van der Waals surface area contributed by atoms with Gasteiger partial charge in [-0.15, -0.1) is 0 Å². The lowest BCUT2D eigenvalue weighted by Gasteiger charge is -2.08. The van der Waals surface area contributed by atoms with Crippen LogP contribution in [0.25, 0.3) is 0 Å². The molecule has 4 heteroatoms. The first-order valence-corrected chi connectivity index (χ1v) is 6.94. The lowest BCUT2D eigenvalue weighted by molar-refractivity contribution is 0.110. The van der Waals surface area contributed by atoms with Crippen LogP contribution in [0.3, 0.4) is 0 Å². The Hall–Kier alpha value is -1.16. The van der Waals surface area contributed by atoms with E-state index < -0.39 is 0 Å². The Bertz CT molecular complexity index is 377. The maximum absolute atomic E-state index is 5.63. The zero-order valence-corrected chi connectivity index (χ0v) is 11.4. The highest BCUT2D eigenvalue weighted by Gasteiger charge is 2.20. The Kier molecular flexibility index (Phi) is 4.93. The third-order valence-electron chi connectivity index (χ3n) is 3.06. The molecule has 100 valence electrons. The number of aryl methyl sites for hydroxylation is 1. The van der Waals surface area contributed by atoms with Crippen LogP contribution >= 0.6 is 0 Å². The average Bonchev–Trinajstić information content (AvgIpc) is 3.15. The molecule has 1 heterocycles. The van der Waals surface area contributed by atoms with Crippen LogP contribution in [0.1, 0.15) is 44.1 Å². The van der Waals surface area contributed by atoms with Crippen molar-refractivity contribution in [2.24, 2.45) is 5.92 Å². The second-order valence-corrected chi connectivity index (χ2v) is 5.02. The molecule has 1 aliphatic rings. The zero-order chi connectivity index (χ0) is 12.8. The highest BCUT2D eigenvalue weighted by molar-refractivity contribution is 5.35. The van der Waals surface area contributed by atoms with Gasteiger partial charge in [-0.2, -0.15) is 0 Å². The fourth-order valence-electron chi connectivity index (χ4n) is 1.86. The van der Waals surface area contributed by atoms with Crippen LogP contribution in [-0.2, 0) is 11.3 Å². The van der Waals surface area contributed by atoms with Crippen LogP contribution in [0, 0.1) is 12.8 Å². The van der Waals surface area contributed by atoms with E-state index >= 15 is 0 Å². The van der Waals surface area contributed by atoms with Crippen molar-refractivity contribution < 1.29 is 4.74 Å². The summed E-state index contributed by atoms with van der Waals surface area (Å²) in [7, 11) is 0. The van der Waals surface area contributed by atoms with E-state index in [1.807, 2.05) is 13.0 Å². The second kappa shape index (κ2) is 6.69. The SMILES string of the molecule is CCCNc1cc(C)nc(COCCC2CC2)n1. The number of aromatic nitrogens is 2. The van der Waals surface area contributed by atoms with Crippen LogP contribution < -0.4 is 5.32 Å². The molecule has 0 aliphatic heterocycles. The molecule has 0 bridgehead atoms. The Morgan fingerprint density at radius 1 is 1.39 bits per heavy atom. The molecular weight excluding hydrogens is 226 g/mol. The van der Waals surface area contributed by atoms with E-state index in [0.717, 1.165) is 42.8 Å². The molecule has 1 fully saturated rings. The van der Waals surface area contributed by atoms with E-state index in [2.05, 4.69) is 22.2 Å². The Labute approximate surface area is 109 Å². The standard InChI is InChI=1S/C14H23N3O/c1-3-7-15-13-9-11(2)16-14(17-13)10-18-8-6-12-4-5-12/h9,12H,3-8,10H2,1-2H3,(H,15,16,17). The van der Waals surface area contributed by atoms with Crippen molar-refractivity contribution in [2.75, 3.05) is 18.5 Å². The van der Waals surface area contributed by atoms with Gasteiger partial charge in [-0.3, -0.25) is 0 Å². The Morgan fingerprint density at radius 3 is 2.94 bits per heavy atom. The van der Waals surface area contributed by atoms with Crippen molar-refractivity contribution in [3.05, 3.63) is 17.6 Å². The number of ether oxygens (including phenoxy) is 1. The number of rotatable bonds is 8. The van der Waals surface area contributed by atoms with Crippen molar-refractivity contribution >= 4 is 5.82 Å². The molecule has 0 amide bonds. The summed E-state index contributed by atoms with van der Waals surface area (Å²) in [5.74, 6) is 2.61. The first kappa shape index (κ1) is 13.3. The van der Waals surface area contributed by atoms with E-state index in [9.17, 15) is 0 Å². The maximum Gasteiger partial charge on any atom is 0.156 e. The van der Waals surface area contributed by atoms with Gasteiger partial charge in [0, 0.05) is 24.9 Å². The van der Waals surface area contributed by atoms with Crippen molar-refractivity contribution in [3.63, 3.8) is 0 Å². The predicted octanol–water partition coefficient (Wildman–Crippen LogP) is 2.92. The Morgan fingerprint density at radius 2 is 2.22 bits per heavy atom. The third kappa shape index (κ3) is 4.61. The molecule has 0 atom stereocenters. The lowest BCUT2D eigenvalue weighted by Crippen LogP contribution is -2.07. The van der Waals surface area contributed by atoms with Crippen LogP contribution in [0.15, 0.2) is 6.07 Å². The van der Waals surface area contributed by atoms with Crippen LogP contribution in [-0.4, -0.2) is 23.1 Å². The van der Waals surface area contributed by atoms with Crippen LogP contribution in [0.2, 0.25) is 0 Å². The minimum Gasteiger partial charge on any atom is -0.373 e. The fraction of sp³-hybridized carbons (Fsp3) is 0.714. The molecule has 18 heavy (non-hydrogen) atoms. The summed E-state index contributed by atoms with van der Waals surface area (Å²) in [5.41, 5.74) is 0.990. The first-order valence-electron chi connectivity index (χ1n) is 6.94. The highest BCUT2D eigenvalue weighted by atomic mass is 16.5. The molecule has 1 saturated carbocycles. The number of nitrogens with zero attached hydrogens (tertiary/aromatic N) is 2. The van der Waals surface area contributed by atoms with Crippen molar-refractivity contribution in [1.82, 2.24) is 9.97 Å². The fourth-order valence-corrected chi connectivity index (χ4v) is 1.86. The molecule has 0 aromatic carbocycles. The van der Waals surface area contributed by atoms with Crippen LogP contribution in [0.4, 0.5) is 5.82 Å².